The highest BCUT2D eigenvalue weighted by Crippen LogP contribution is 2.56. The van der Waals surface area contributed by atoms with Crippen molar-refractivity contribution in [2.45, 2.75) is 36.9 Å². The van der Waals surface area contributed by atoms with Crippen LogP contribution in [0.4, 0.5) is 5.69 Å². The fourth-order valence-electron chi connectivity index (χ4n) is 2.96. The maximum atomic E-state index is 11.3. The van der Waals surface area contributed by atoms with Crippen LogP contribution in [-0.4, -0.2) is 17.6 Å². The second-order valence-electron chi connectivity index (χ2n) is 5.77. The van der Waals surface area contributed by atoms with Gasteiger partial charge in [0.2, 0.25) is 0 Å². The van der Waals surface area contributed by atoms with Crippen molar-refractivity contribution in [2.75, 3.05) is 10.8 Å². The summed E-state index contributed by atoms with van der Waals surface area (Å²) < 4.78 is 3.72. The summed E-state index contributed by atoms with van der Waals surface area (Å²) in [5.41, 5.74) is 3.22. The van der Waals surface area contributed by atoms with E-state index in [1.807, 2.05) is 24.1 Å². The van der Waals surface area contributed by atoms with E-state index >= 15 is 0 Å². The van der Waals surface area contributed by atoms with Gasteiger partial charge < -0.3 is 4.31 Å². The first-order chi connectivity index (χ1) is 9.58. The molecule has 0 bridgehead atoms. The standard InChI is InChI=1S/C16H18BrNOS/c1-3-4-16(5-6-16)20-18-9-11(2)15-12(10-19)7-13(17)8-14(15)18/h3,7-8,10-11H,1,4-6,9H2,2H3. The van der Waals surface area contributed by atoms with Crippen LogP contribution >= 0.6 is 27.9 Å². The molecule has 0 N–H and O–H groups in total. The number of carbonyl (C=O) groups is 1. The van der Waals surface area contributed by atoms with Gasteiger partial charge in [0.25, 0.3) is 0 Å². The largest absolute Gasteiger partial charge is 0.315 e. The molecule has 1 saturated carbocycles. The van der Waals surface area contributed by atoms with E-state index in [4.69, 9.17) is 0 Å². The second kappa shape index (κ2) is 5.23. The van der Waals surface area contributed by atoms with Gasteiger partial charge in [0.15, 0.2) is 0 Å². The molecule has 1 aromatic rings. The molecule has 1 heterocycles. The maximum Gasteiger partial charge on any atom is 0.150 e. The molecule has 1 unspecified atom stereocenters. The summed E-state index contributed by atoms with van der Waals surface area (Å²) in [7, 11) is 0. The number of halogens is 1. The number of hydrogen-bond donors (Lipinski definition) is 0. The van der Waals surface area contributed by atoms with Gasteiger partial charge >= 0.3 is 0 Å². The molecule has 0 amide bonds. The van der Waals surface area contributed by atoms with Gasteiger partial charge in [-0.2, -0.15) is 0 Å². The first-order valence-electron chi connectivity index (χ1n) is 6.95. The van der Waals surface area contributed by atoms with Gasteiger partial charge in [0, 0.05) is 27.2 Å². The van der Waals surface area contributed by atoms with Crippen molar-refractivity contribution in [3.63, 3.8) is 0 Å². The molecule has 2 aliphatic rings. The molecule has 1 atom stereocenters. The van der Waals surface area contributed by atoms with Crippen LogP contribution in [0.3, 0.4) is 0 Å². The number of hydrogen-bond acceptors (Lipinski definition) is 3. The van der Waals surface area contributed by atoms with Crippen LogP contribution < -0.4 is 4.31 Å². The van der Waals surface area contributed by atoms with E-state index in [0.717, 1.165) is 29.3 Å². The zero-order valence-corrected chi connectivity index (χ0v) is 14.0. The van der Waals surface area contributed by atoms with E-state index in [-0.39, 0.29) is 0 Å². The smallest absolute Gasteiger partial charge is 0.150 e. The van der Waals surface area contributed by atoms with Crippen molar-refractivity contribution >= 4 is 39.9 Å². The van der Waals surface area contributed by atoms with Gasteiger partial charge in [-0.05, 0) is 48.9 Å². The molecule has 4 heteroatoms. The summed E-state index contributed by atoms with van der Waals surface area (Å²) in [5.74, 6) is 0.408. The minimum absolute atomic E-state index is 0.354. The van der Waals surface area contributed by atoms with Crippen molar-refractivity contribution in [3.8, 4) is 0 Å². The Morgan fingerprint density at radius 3 is 2.90 bits per heavy atom. The van der Waals surface area contributed by atoms with E-state index in [0.29, 0.717) is 10.7 Å². The molecule has 2 nitrogen and oxygen atoms in total. The van der Waals surface area contributed by atoms with Crippen LogP contribution in [0.1, 0.15) is 48.0 Å². The molecule has 0 saturated heterocycles. The normalized spacial score (nSPS) is 22.5. The second-order valence-corrected chi connectivity index (χ2v) is 8.18. The van der Waals surface area contributed by atoms with Gasteiger partial charge in [-0.25, -0.2) is 0 Å². The Labute approximate surface area is 132 Å². The van der Waals surface area contributed by atoms with E-state index in [1.54, 1.807) is 0 Å². The van der Waals surface area contributed by atoms with Crippen molar-refractivity contribution in [1.29, 1.82) is 0 Å². The molecule has 0 radical (unpaired) electrons. The van der Waals surface area contributed by atoms with Crippen LogP contribution in [0.15, 0.2) is 29.3 Å². The van der Waals surface area contributed by atoms with Crippen molar-refractivity contribution in [1.82, 2.24) is 0 Å². The quantitative estimate of drug-likeness (QED) is 0.425. The van der Waals surface area contributed by atoms with Crippen LogP contribution in [0.25, 0.3) is 0 Å². The highest BCUT2D eigenvalue weighted by atomic mass is 79.9. The number of carbonyl (C=O) groups excluding carboxylic acids is 1. The molecule has 106 valence electrons. The molecule has 1 aliphatic heterocycles. The molecule has 0 spiro atoms. The highest BCUT2D eigenvalue weighted by molar-refractivity contribution is 9.10. The van der Waals surface area contributed by atoms with Gasteiger partial charge in [-0.1, -0.05) is 28.9 Å². The Hall–Kier alpha value is -0.740. The maximum absolute atomic E-state index is 11.3. The van der Waals surface area contributed by atoms with Crippen LogP contribution in [-0.2, 0) is 0 Å². The Kier molecular flexibility index (Phi) is 3.71. The predicted molar refractivity (Wildman–Crippen MR) is 89.7 cm³/mol. The number of aldehydes is 1. The fraction of sp³-hybridized carbons (Fsp3) is 0.438. The molecule has 1 aromatic carbocycles. The highest BCUT2D eigenvalue weighted by Gasteiger charge is 2.46. The third kappa shape index (κ3) is 2.44. The van der Waals surface area contributed by atoms with Crippen LogP contribution in [0.5, 0.6) is 0 Å². The summed E-state index contributed by atoms with van der Waals surface area (Å²) in [4.78, 5) is 11.3. The molecule has 1 fully saturated rings. The van der Waals surface area contributed by atoms with Gasteiger partial charge in [0.05, 0.1) is 5.69 Å². The minimum atomic E-state index is 0.354. The molecule has 20 heavy (non-hydrogen) atoms. The lowest BCUT2D eigenvalue weighted by Crippen LogP contribution is -2.18. The van der Waals surface area contributed by atoms with Gasteiger partial charge in [0.1, 0.15) is 6.29 Å². The Bertz CT molecular complexity index is 568. The number of benzene rings is 1. The lowest BCUT2D eigenvalue weighted by molar-refractivity contribution is 0.112. The third-order valence-corrected chi connectivity index (χ3v) is 6.10. The van der Waals surface area contributed by atoms with E-state index in [9.17, 15) is 4.79 Å². The average molecular weight is 352 g/mol. The number of fused-ring (bicyclic) bond motifs is 1. The molecular weight excluding hydrogens is 334 g/mol. The predicted octanol–water partition coefficient (Wildman–Crippen LogP) is 4.94. The lowest BCUT2D eigenvalue weighted by Gasteiger charge is -2.24. The first-order valence-corrected chi connectivity index (χ1v) is 8.51. The number of nitrogens with zero attached hydrogens (tertiary/aromatic N) is 1. The fourth-order valence-corrected chi connectivity index (χ4v) is 4.91. The zero-order chi connectivity index (χ0) is 14.3. The van der Waals surface area contributed by atoms with Crippen LogP contribution in [0.2, 0.25) is 0 Å². The summed E-state index contributed by atoms with van der Waals surface area (Å²) in [6.45, 7) is 7.06. The number of rotatable bonds is 5. The van der Waals surface area contributed by atoms with Gasteiger partial charge in [-0.15, -0.1) is 6.58 Å². The van der Waals surface area contributed by atoms with E-state index in [2.05, 4.69) is 39.8 Å². The molecular formula is C16H18BrNOS. The minimum Gasteiger partial charge on any atom is -0.315 e. The lowest BCUT2D eigenvalue weighted by atomic mass is 9.98. The number of anilines is 1. The van der Waals surface area contributed by atoms with Crippen LogP contribution in [0, 0.1) is 0 Å². The van der Waals surface area contributed by atoms with Crippen molar-refractivity contribution in [3.05, 3.63) is 40.4 Å². The topological polar surface area (TPSA) is 20.3 Å². The monoisotopic (exact) mass is 351 g/mol. The average Bonchev–Trinajstić information content (AvgIpc) is 3.09. The number of allylic oxidation sites excluding steroid dienone is 1. The summed E-state index contributed by atoms with van der Waals surface area (Å²) in [6, 6.07) is 4.07. The zero-order valence-electron chi connectivity index (χ0n) is 11.6. The molecule has 1 aliphatic carbocycles. The molecule has 0 aromatic heterocycles. The van der Waals surface area contributed by atoms with E-state index in [1.165, 1.54) is 24.1 Å². The molecule has 3 rings (SSSR count). The van der Waals surface area contributed by atoms with Crippen molar-refractivity contribution in [2.24, 2.45) is 0 Å². The Morgan fingerprint density at radius 1 is 1.55 bits per heavy atom. The Balaban J connectivity index is 1.93. The summed E-state index contributed by atoms with van der Waals surface area (Å²) >= 11 is 5.46. The summed E-state index contributed by atoms with van der Waals surface area (Å²) in [6.07, 6.45) is 6.59. The summed E-state index contributed by atoms with van der Waals surface area (Å²) in [5, 5.41) is 0. The SMILES string of the molecule is C=CCC1(SN2CC(C)c3c(C=O)cc(Br)cc32)CC1. The third-order valence-electron chi connectivity index (χ3n) is 4.11. The van der Waals surface area contributed by atoms with Crippen molar-refractivity contribution < 1.29 is 4.79 Å². The van der Waals surface area contributed by atoms with E-state index < -0.39 is 0 Å². The first kappa shape index (κ1) is 14.2. The van der Waals surface area contributed by atoms with Gasteiger partial charge in [-0.3, -0.25) is 4.79 Å². The Morgan fingerprint density at radius 2 is 2.30 bits per heavy atom.